The van der Waals surface area contributed by atoms with Crippen molar-refractivity contribution in [2.75, 3.05) is 6.61 Å². The Morgan fingerprint density at radius 1 is 1.37 bits per heavy atom. The van der Waals surface area contributed by atoms with Crippen molar-refractivity contribution in [3.63, 3.8) is 0 Å². The van der Waals surface area contributed by atoms with Gasteiger partial charge in [0.2, 0.25) is 0 Å². The Morgan fingerprint density at radius 2 is 2.05 bits per heavy atom. The highest BCUT2D eigenvalue weighted by molar-refractivity contribution is 5.82. The molecule has 4 N–H and O–H groups in total. The van der Waals surface area contributed by atoms with Gasteiger partial charge < -0.3 is 20.8 Å². The zero-order valence-corrected chi connectivity index (χ0v) is 11.6. The number of carboxylic acids is 1. The predicted octanol–water partition coefficient (Wildman–Crippen LogP) is 1.09. The summed E-state index contributed by atoms with van der Waals surface area (Å²) in [6.07, 6.45) is 4.22. The topological polar surface area (TPSA) is 98.7 Å². The summed E-state index contributed by atoms with van der Waals surface area (Å²) in [5.74, 6) is -1.13. The molecule has 19 heavy (non-hydrogen) atoms. The van der Waals surface area contributed by atoms with Crippen LogP contribution in [0.4, 0.5) is 4.79 Å². The minimum atomic E-state index is -1.13. The van der Waals surface area contributed by atoms with Crippen molar-refractivity contribution in [2.45, 2.75) is 58.0 Å². The average Bonchev–Trinajstić information content (AvgIpc) is 2.31. The van der Waals surface area contributed by atoms with Crippen LogP contribution in [0.2, 0.25) is 0 Å². The van der Waals surface area contributed by atoms with Gasteiger partial charge in [-0.15, -0.1) is 0 Å². The molecule has 2 amide bonds. The van der Waals surface area contributed by atoms with E-state index in [9.17, 15) is 9.59 Å². The van der Waals surface area contributed by atoms with Gasteiger partial charge in [-0.1, -0.05) is 26.7 Å². The molecule has 1 aliphatic rings. The van der Waals surface area contributed by atoms with E-state index in [0.717, 1.165) is 25.7 Å². The molecule has 110 valence electrons. The molecule has 0 aliphatic heterocycles. The van der Waals surface area contributed by atoms with Crippen molar-refractivity contribution in [3.05, 3.63) is 0 Å². The Bertz CT molecular complexity index is 331. The van der Waals surface area contributed by atoms with Crippen LogP contribution in [0.3, 0.4) is 0 Å². The summed E-state index contributed by atoms with van der Waals surface area (Å²) in [5, 5.41) is 22.9. The van der Waals surface area contributed by atoms with Gasteiger partial charge >= 0.3 is 12.0 Å². The number of aliphatic carboxylic acids is 1. The average molecular weight is 272 g/mol. The summed E-state index contributed by atoms with van der Waals surface area (Å²) in [6.45, 7) is 3.95. The summed E-state index contributed by atoms with van der Waals surface area (Å²) in [5.41, 5.74) is 0.0330. The smallest absolute Gasteiger partial charge is 0.326 e. The number of nitrogens with one attached hydrogen (secondary N) is 2. The van der Waals surface area contributed by atoms with Crippen molar-refractivity contribution < 1.29 is 19.8 Å². The first-order valence-electron chi connectivity index (χ1n) is 6.77. The number of hydrogen-bond acceptors (Lipinski definition) is 3. The lowest BCUT2D eigenvalue weighted by Gasteiger charge is -2.39. The van der Waals surface area contributed by atoms with E-state index in [1.807, 2.05) is 0 Å². The van der Waals surface area contributed by atoms with Gasteiger partial charge in [0.05, 0.1) is 0 Å². The van der Waals surface area contributed by atoms with Crippen LogP contribution in [0.5, 0.6) is 0 Å². The van der Waals surface area contributed by atoms with Crippen molar-refractivity contribution in [3.8, 4) is 0 Å². The number of aliphatic hydroxyl groups is 1. The second-order valence-electron chi connectivity index (χ2n) is 5.81. The highest BCUT2D eigenvalue weighted by Gasteiger charge is 2.33. The SMILES string of the molecule is CC1(C)CCCCC1NC(=O)N[C@@H](CCO)C(=O)O. The quantitative estimate of drug-likeness (QED) is 0.602. The van der Waals surface area contributed by atoms with Crippen LogP contribution >= 0.6 is 0 Å². The second-order valence-corrected chi connectivity index (χ2v) is 5.81. The van der Waals surface area contributed by atoms with Crippen LogP contribution < -0.4 is 10.6 Å². The molecule has 0 heterocycles. The molecule has 6 heteroatoms. The number of rotatable bonds is 5. The standard InChI is InChI=1S/C13H24N2O4/c1-13(2)7-4-3-5-10(13)15-12(19)14-9(6-8-16)11(17)18/h9-10,16H,3-8H2,1-2H3,(H,17,18)(H2,14,15,19)/t9-,10?/m0/s1. The molecule has 0 aromatic heterocycles. The van der Waals surface area contributed by atoms with Crippen molar-refractivity contribution >= 4 is 12.0 Å². The Morgan fingerprint density at radius 3 is 2.58 bits per heavy atom. The van der Waals surface area contributed by atoms with Gasteiger partial charge in [-0.2, -0.15) is 0 Å². The molecule has 1 fully saturated rings. The molecule has 0 aromatic rings. The number of hydrogen-bond donors (Lipinski definition) is 4. The molecule has 2 atom stereocenters. The molecular formula is C13H24N2O4. The molecule has 1 aliphatic carbocycles. The molecule has 0 aromatic carbocycles. The minimum absolute atomic E-state index is 0.0107. The molecule has 0 spiro atoms. The fraction of sp³-hybridized carbons (Fsp3) is 0.846. The summed E-state index contributed by atoms with van der Waals surface area (Å²) in [4.78, 5) is 22.7. The fourth-order valence-corrected chi connectivity index (χ4v) is 2.51. The largest absolute Gasteiger partial charge is 0.480 e. The van der Waals surface area contributed by atoms with E-state index in [4.69, 9.17) is 10.2 Å². The Kier molecular flexibility index (Phi) is 5.60. The molecule has 0 bridgehead atoms. The Hall–Kier alpha value is -1.30. The lowest BCUT2D eigenvalue weighted by atomic mass is 9.73. The molecule has 0 radical (unpaired) electrons. The zero-order chi connectivity index (χ0) is 14.5. The maximum Gasteiger partial charge on any atom is 0.326 e. The Balaban J connectivity index is 2.51. The Labute approximate surface area is 113 Å². The van der Waals surface area contributed by atoms with Crippen molar-refractivity contribution in [1.29, 1.82) is 0 Å². The van der Waals surface area contributed by atoms with E-state index in [1.54, 1.807) is 0 Å². The van der Waals surface area contributed by atoms with Crippen LogP contribution in [0, 0.1) is 5.41 Å². The lowest BCUT2D eigenvalue weighted by molar-refractivity contribution is -0.139. The summed E-state index contributed by atoms with van der Waals surface area (Å²) in [6, 6.07) is -1.46. The van der Waals surface area contributed by atoms with E-state index < -0.39 is 18.0 Å². The summed E-state index contributed by atoms with van der Waals surface area (Å²) in [7, 11) is 0. The van der Waals surface area contributed by atoms with Crippen LogP contribution in [-0.4, -0.2) is 40.9 Å². The molecular weight excluding hydrogens is 248 g/mol. The number of carbonyl (C=O) groups is 2. The van der Waals surface area contributed by atoms with Crippen LogP contribution in [0.1, 0.15) is 46.0 Å². The van der Waals surface area contributed by atoms with Gasteiger partial charge in [0.15, 0.2) is 0 Å². The van der Waals surface area contributed by atoms with E-state index in [2.05, 4.69) is 24.5 Å². The number of carboxylic acid groups (broad SMARTS) is 1. The molecule has 0 saturated heterocycles. The minimum Gasteiger partial charge on any atom is -0.480 e. The lowest BCUT2D eigenvalue weighted by Crippen LogP contribution is -2.53. The van der Waals surface area contributed by atoms with Gasteiger partial charge in [0, 0.05) is 19.1 Å². The van der Waals surface area contributed by atoms with Gasteiger partial charge in [0.1, 0.15) is 6.04 Å². The highest BCUT2D eigenvalue weighted by atomic mass is 16.4. The third-order valence-electron chi connectivity index (χ3n) is 3.83. The van der Waals surface area contributed by atoms with Crippen molar-refractivity contribution in [1.82, 2.24) is 10.6 Å². The van der Waals surface area contributed by atoms with E-state index in [-0.39, 0.29) is 24.5 Å². The predicted molar refractivity (Wildman–Crippen MR) is 70.8 cm³/mol. The number of amides is 2. The van der Waals surface area contributed by atoms with Gasteiger partial charge in [-0.05, 0) is 18.3 Å². The maximum absolute atomic E-state index is 11.8. The fourth-order valence-electron chi connectivity index (χ4n) is 2.51. The summed E-state index contributed by atoms with van der Waals surface area (Å²) >= 11 is 0. The van der Waals surface area contributed by atoms with E-state index in [0.29, 0.717) is 0 Å². The molecule has 1 saturated carbocycles. The first-order valence-corrected chi connectivity index (χ1v) is 6.77. The number of aliphatic hydroxyl groups excluding tert-OH is 1. The maximum atomic E-state index is 11.8. The van der Waals surface area contributed by atoms with Crippen LogP contribution in [0.15, 0.2) is 0 Å². The molecule has 6 nitrogen and oxygen atoms in total. The highest BCUT2D eigenvalue weighted by Crippen LogP contribution is 2.35. The zero-order valence-electron chi connectivity index (χ0n) is 11.6. The third-order valence-corrected chi connectivity index (χ3v) is 3.83. The monoisotopic (exact) mass is 272 g/mol. The number of carbonyl (C=O) groups excluding carboxylic acids is 1. The van der Waals surface area contributed by atoms with Crippen LogP contribution in [-0.2, 0) is 4.79 Å². The second kappa shape index (κ2) is 6.75. The molecule has 1 rings (SSSR count). The van der Waals surface area contributed by atoms with Gasteiger partial charge in [0.25, 0.3) is 0 Å². The van der Waals surface area contributed by atoms with E-state index in [1.165, 1.54) is 0 Å². The number of urea groups is 1. The van der Waals surface area contributed by atoms with E-state index >= 15 is 0 Å². The van der Waals surface area contributed by atoms with Gasteiger partial charge in [-0.3, -0.25) is 0 Å². The first-order chi connectivity index (χ1) is 8.86. The first kappa shape index (κ1) is 15.8. The van der Waals surface area contributed by atoms with Crippen LogP contribution in [0.25, 0.3) is 0 Å². The van der Waals surface area contributed by atoms with Gasteiger partial charge in [-0.25, -0.2) is 9.59 Å². The normalized spacial score (nSPS) is 23.4. The summed E-state index contributed by atoms with van der Waals surface area (Å²) < 4.78 is 0. The third kappa shape index (κ3) is 4.70. The molecule has 1 unspecified atom stereocenters. The van der Waals surface area contributed by atoms with Crippen molar-refractivity contribution in [2.24, 2.45) is 5.41 Å².